The predicted octanol–water partition coefficient (Wildman–Crippen LogP) is -0.0109. The van der Waals surface area contributed by atoms with Crippen molar-refractivity contribution in [2.24, 2.45) is 5.84 Å². The van der Waals surface area contributed by atoms with Crippen molar-refractivity contribution in [3.63, 3.8) is 0 Å². The summed E-state index contributed by atoms with van der Waals surface area (Å²) in [6, 6.07) is 0. The number of nitrogens with two attached hydrogens (primary N) is 1. The fourth-order valence-electron chi connectivity index (χ4n) is 0.107. The van der Waals surface area contributed by atoms with Crippen LogP contribution in [0.3, 0.4) is 0 Å². The summed E-state index contributed by atoms with van der Waals surface area (Å²) in [7, 11) is 0. The van der Waals surface area contributed by atoms with Crippen LogP contribution in [0.1, 0.15) is 0 Å². The second-order valence-corrected chi connectivity index (χ2v) is 0.718. The third-order valence-electron chi connectivity index (χ3n) is 0.285. The van der Waals surface area contributed by atoms with Crippen molar-refractivity contribution in [2.45, 2.75) is 0 Å². The third kappa shape index (κ3) is 10.7. The van der Waals surface area contributed by atoms with Crippen LogP contribution in [0.15, 0.2) is 12.7 Å². The summed E-state index contributed by atoms with van der Waals surface area (Å²) < 4.78 is 0. The molecule has 0 heterocycles. The molecule has 0 aromatic heterocycles. The molecule has 0 spiro atoms. The third-order valence-corrected chi connectivity index (χ3v) is 0.285. The Kier molecular flexibility index (Phi) is 13.3. The van der Waals surface area contributed by atoms with Crippen LogP contribution in [0.2, 0.25) is 0 Å². The predicted molar refractivity (Wildman–Crippen MR) is 30.7 cm³/mol. The summed E-state index contributed by atoms with van der Waals surface area (Å²) in [5.41, 5.74) is 2.00. The van der Waals surface area contributed by atoms with Gasteiger partial charge in [0.15, 0.2) is 0 Å². The highest BCUT2D eigenvalue weighted by Crippen LogP contribution is 1.59. The Labute approximate surface area is 48.9 Å². The average Bonchev–Trinajstić information content (AvgIpc) is 1.61. The smallest absolute Gasteiger partial charge is 0.0877 e. The van der Waals surface area contributed by atoms with Gasteiger partial charge in [0.05, 0.1) is 6.61 Å². The second-order valence-electron chi connectivity index (χ2n) is 0.718. The highest BCUT2D eigenvalue weighted by atomic mass is 35.5. The maximum Gasteiger partial charge on any atom is 0.0877 e. The van der Waals surface area contributed by atoms with Crippen LogP contribution in [0.4, 0.5) is 0 Å². The van der Waals surface area contributed by atoms with Crippen molar-refractivity contribution in [2.75, 3.05) is 6.61 Å². The highest BCUT2D eigenvalue weighted by Gasteiger charge is 1.66. The van der Waals surface area contributed by atoms with Crippen molar-refractivity contribution in [1.82, 2.24) is 5.59 Å². The molecule has 7 heavy (non-hydrogen) atoms. The molecule has 0 unspecified atom stereocenters. The zero-order chi connectivity index (χ0) is 4.83. The number of nitrogens with one attached hydrogen (secondary N) is 1. The van der Waals surface area contributed by atoms with E-state index in [4.69, 9.17) is 5.84 Å². The van der Waals surface area contributed by atoms with Gasteiger partial charge in [-0.2, -0.15) is 0 Å². The summed E-state index contributed by atoms with van der Waals surface area (Å²) in [5, 5.41) is 0. The molecule has 0 atom stereocenters. The first-order valence-corrected chi connectivity index (χ1v) is 1.60. The lowest BCUT2D eigenvalue weighted by Crippen LogP contribution is -2.21. The van der Waals surface area contributed by atoms with Gasteiger partial charge < -0.3 is 0 Å². The Balaban J connectivity index is 0. The van der Waals surface area contributed by atoms with E-state index in [1.54, 1.807) is 6.08 Å². The lowest BCUT2D eigenvalue weighted by Gasteiger charge is -1.90. The van der Waals surface area contributed by atoms with Crippen LogP contribution in [0.5, 0.6) is 0 Å². The van der Waals surface area contributed by atoms with E-state index in [-0.39, 0.29) is 12.4 Å². The summed E-state index contributed by atoms with van der Waals surface area (Å²) >= 11 is 0. The van der Waals surface area contributed by atoms with Gasteiger partial charge in [0.1, 0.15) is 0 Å². The van der Waals surface area contributed by atoms with Crippen molar-refractivity contribution in [3.8, 4) is 0 Å². The largest absolute Gasteiger partial charge is 0.283 e. The number of rotatable bonds is 3. The van der Waals surface area contributed by atoms with Gasteiger partial charge in [-0.15, -0.1) is 24.6 Å². The molecule has 0 bridgehead atoms. The number of hydrazine groups is 1. The molecule has 44 valence electrons. The van der Waals surface area contributed by atoms with Crippen LogP contribution in [0.25, 0.3) is 0 Å². The fraction of sp³-hybridized carbons (Fsp3) is 0.333. The molecule has 0 aliphatic rings. The molecular weight excluding hydrogens is 115 g/mol. The summed E-state index contributed by atoms with van der Waals surface area (Å²) in [4.78, 5) is 4.39. The Hall–Kier alpha value is -0.0900. The van der Waals surface area contributed by atoms with Gasteiger partial charge in [0.2, 0.25) is 0 Å². The molecule has 3 nitrogen and oxygen atoms in total. The van der Waals surface area contributed by atoms with Crippen LogP contribution in [-0.2, 0) is 4.84 Å². The second kappa shape index (κ2) is 9.32. The van der Waals surface area contributed by atoms with Gasteiger partial charge in [0.25, 0.3) is 0 Å². The topological polar surface area (TPSA) is 47.3 Å². The number of halogens is 1. The van der Waals surface area contributed by atoms with Crippen LogP contribution < -0.4 is 11.4 Å². The average molecular weight is 125 g/mol. The first-order chi connectivity index (χ1) is 2.91. The van der Waals surface area contributed by atoms with Crippen molar-refractivity contribution >= 4 is 12.4 Å². The van der Waals surface area contributed by atoms with E-state index in [2.05, 4.69) is 11.4 Å². The molecule has 0 aliphatic carbocycles. The number of hydrogen-bond acceptors (Lipinski definition) is 3. The zero-order valence-corrected chi connectivity index (χ0v) is 4.70. The number of hydrogen-bond donors (Lipinski definition) is 2. The summed E-state index contributed by atoms with van der Waals surface area (Å²) in [6.45, 7) is 3.82. The van der Waals surface area contributed by atoms with E-state index in [0.717, 1.165) is 0 Å². The maximum absolute atomic E-state index is 4.69. The molecule has 0 fully saturated rings. The molecule has 0 saturated heterocycles. The molecule has 0 aliphatic heterocycles. The minimum Gasteiger partial charge on any atom is -0.283 e. The van der Waals surface area contributed by atoms with Crippen LogP contribution in [-0.4, -0.2) is 6.61 Å². The van der Waals surface area contributed by atoms with E-state index in [9.17, 15) is 0 Å². The lowest BCUT2D eigenvalue weighted by atomic mass is 10.7. The van der Waals surface area contributed by atoms with Crippen molar-refractivity contribution in [1.29, 1.82) is 0 Å². The molecule has 0 aromatic carbocycles. The minimum atomic E-state index is 0. The SMILES string of the molecule is C=CCONN.Cl. The monoisotopic (exact) mass is 124 g/mol. The van der Waals surface area contributed by atoms with Crippen LogP contribution in [0, 0.1) is 0 Å². The Morgan fingerprint density at radius 2 is 2.43 bits per heavy atom. The van der Waals surface area contributed by atoms with Crippen LogP contribution >= 0.6 is 12.4 Å². The Morgan fingerprint density at radius 1 is 1.86 bits per heavy atom. The van der Waals surface area contributed by atoms with E-state index in [1.165, 1.54) is 0 Å². The maximum atomic E-state index is 4.69. The van der Waals surface area contributed by atoms with Gasteiger partial charge in [-0.25, -0.2) is 5.84 Å². The first kappa shape index (κ1) is 10.0. The zero-order valence-electron chi connectivity index (χ0n) is 3.89. The summed E-state index contributed by atoms with van der Waals surface area (Å²) in [5.74, 6) is 4.69. The van der Waals surface area contributed by atoms with Gasteiger partial charge in [-0.1, -0.05) is 6.08 Å². The Morgan fingerprint density at radius 3 is 2.57 bits per heavy atom. The van der Waals surface area contributed by atoms with E-state index < -0.39 is 0 Å². The van der Waals surface area contributed by atoms with Gasteiger partial charge >= 0.3 is 0 Å². The molecule has 4 heteroatoms. The molecule has 0 rings (SSSR count). The van der Waals surface area contributed by atoms with Gasteiger partial charge in [-0.05, 0) is 0 Å². The molecule has 3 N–H and O–H groups in total. The molecular formula is C3H9ClN2O. The summed E-state index contributed by atoms with van der Waals surface area (Å²) in [6.07, 6.45) is 1.60. The van der Waals surface area contributed by atoms with Gasteiger partial charge in [0, 0.05) is 0 Å². The quantitative estimate of drug-likeness (QED) is 0.241. The van der Waals surface area contributed by atoms with Crippen molar-refractivity contribution in [3.05, 3.63) is 12.7 Å². The fourth-order valence-corrected chi connectivity index (χ4v) is 0.107. The van der Waals surface area contributed by atoms with E-state index >= 15 is 0 Å². The normalized spacial score (nSPS) is 7.00. The lowest BCUT2D eigenvalue weighted by molar-refractivity contribution is 0.0630. The minimum absolute atomic E-state index is 0. The molecule has 0 radical (unpaired) electrons. The first-order valence-electron chi connectivity index (χ1n) is 1.60. The highest BCUT2D eigenvalue weighted by molar-refractivity contribution is 5.85. The van der Waals surface area contributed by atoms with Crippen molar-refractivity contribution < 1.29 is 4.84 Å². The molecule has 0 amide bonds. The van der Waals surface area contributed by atoms with E-state index in [1.807, 2.05) is 5.59 Å². The van der Waals surface area contributed by atoms with Gasteiger partial charge in [-0.3, -0.25) is 4.84 Å². The molecule has 0 aromatic rings. The van der Waals surface area contributed by atoms with E-state index in [0.29, 0.717) is 6.61 Å². The molecule has 0 saturated carbocycles. The Bertz CT molecular complexity index is 41.9. The standard InChI is InChI=1S/C3H8N2O.ClH/c1-2-3-6-5-4;/h2,5H,1,3-4H2;1H.